The number of carbonyl (C=O) groups is 1. The van der Waals surface area contributed by atoms with Crippen molar-refractivity contribution in [2.75, 3.05) is 19.8 Å². The van der Waals surface area contributed by atoms with Gasteiger partial charge in [0.05, 0.1) is 22.7 Å². The molecule has 2 aliphatic heterocycles. The van der Waals surface area contributed by atoms with E-state index in [0.29, 0.717) is 18.8 Å². The first-order valence-corrected chi connectivity index (χ1v) is 10.0. The summed E-state index contributed by atoms with van der Waals surface area (Å²) < 4.78 is 13.1. The summed E-state index contributed by atoms with van der Waals surface area (Å²) in [7, 11) is 1.86. The first-order valence-electron chi connectivity index (χ1n) is 10.0. The van der Waals surface area contributed by atoms with Crippen molar-refractivity contribution in [1.82, 2.24) is 19.7 Å². The van der Waals surface area contributed by atoms with Gasteiger partial charge in [0.25, 0.3) is 5.91 Å². The number of nitrogens with zero attached hydrogens (tertiary/aromatic N) is 4. The Kier molecular flexibility index (Phi) is 4.19. The van der Waals surface area contributed by atoms with Crippen LogP contribution in [0.4, 0.5) is 0 Å². The Bertz CT molecular complexity index is 1120. The second-order valence-corrected chi connectivity index (χ2v) is 7.78. The second-order valence-electron chi connectivity index (χ2n) is 7.78. The minimum atomic E-state index is 0.0267. The molecule has 1 amide bonds. The SMILES string of the molecule is Cc1cc(C(=O)N2CCCC2c2ccc3c(c2)OCCO3)c2c(C)nn(C)c2n1. The third-order valence-corrected chi connectivity index (χ3v) is 5.79. The molecular formula is C22H24N4O3. The van der Waals surface area contributed by atoms with Crippen molar-refractivity contribution in [3.63, 3.8) is 0 Å². The number of amides is 1. The maximum atomic E-state index is 13.7. The maximum absolute atomic E-state index is 13.7. The third kappa shape index (κ3) is 2.92. The van der Waals surface area contributed by atoms with E-state index in [4.69, 9.17) is 9.47 Å². The number of fused-ring (bicyclic) bond motifs is 2. The Hall–Kier alpha value is -3.09. The highest BCUT2D eigenvalue weighted by atomic mass is 16.6. The highest BCUT2D eigenvalue weighted by molar-refractivity contribution is 6.06. The predicted molar refractivity (Wildman–Crippen MR) is 108 cm³/mol. The van der Waals surface area contributed by atoms with Crippen LogP contribution in [0.15, 0.2) is 24.3 Å². The van der Waals surface area contributed by atoms with Crippen LogP contribution < -0.4 is 9.47 Å². The van der Waals surface area contributed by atoms with Crippen LogP contribution in [0.5, 0.6) is 11.5 Å². The van der Waals surface area contributed by atoms with Crippen LogP contribution in [0.3, 0.4) is 0 Å². The molecule has 0 radical (unpaired) electrons. The average molecular weight is 392 g/mol. The average Bonchev–Trinajstić information content (AvgIpc) is 3.31. The summed E-state index contributed by atoms with van der Waals surface area (Å²) in [6.45, 7) is 5.71. The Morgan fingerprint density at radius 2 is 1.93 bits per heavy atom. The fourth-order valence-corrected chi connectivity index (χ4v) is 4.52. The highest BCUT2D eigenvalue weighted by Crippen LogP contribution is 2.39. The Balaban J connectivity index is 1.54. The van der Waals surface area contributed by atoms with E-state index in [1.807, 2.05) is 50.1 Å². The van der Waals surface area contributed by atoms with E-state index in [1.165, 1.54) is 0 Å². The summed E-state index contributed by atoms with van der Waals surface area (Å²) in [4.78, 5) is 20.2. The van der Waals surface area contributed by atoms with E-state index in [1.54, 1.807) is 4.68 Å². The molecule has 2 aliphatic rings. The first-order chi connectivity index (χ1) is 14.0. The van der Waals surface area contributed by atoms with Crippen molar-refractivity contribution in [2.45, 2.75) is 32.7 Å². The van der Waals surface area contributed by atoms with Crippen molar-refractivity contribution >= 4 is 16.9 Å². The number of carbonyl (C=O) groups excluding carboxylic acids is 1. The zero-order chi connectivity index (χ0) is 20.1. The van der Waals surface area contributed by atoms with Gasteiger partial charge >= 0.3 is 0 Å². The predicted octanol–water partition coefficient (Wildman–Crippen LogP) is 3.33. The number of aryl methyl sites for hydroxylation is 3. The van der Waals surface area contributed by atoms with E-state index in [9.17, 15) is 4.79 Å². The number of benzene rings is 1. The third-order valence-electron chi connectivity index (χ3n) is 5.79. The van der Waals surface area contributed by atoms with Gasteiger partial charge in [-0.15, -0.1) is 0 Å². The topological polar surface area (TPSA) is 69.5 Å². The minimum Gasteiger partial charge on any atom is -0.486 e. The first kappa shape index (κ1) is 18.0. The molecule has 3 aromatic rings. The molecule has 1 unspecified atom stereocenters. The molecule has 7 heteroatoms. The molecule has 2 aromatic heterocycles. The maximum Gasteiger partial charge on any atom is 0.255 e. The molecule has 4 heterocycles. The molecule has 0 N–H and O–H groups in total. The molecule has 7 nitrogen and oxygen atoms in total. The second kappa shape index (κ2) is 6.76. The summed E-state index contributed by atoms with van der Waals surface area (Å²) >= 11 is 0. The molecular weight excluding hydrogens is 368 g/mol. The Labute approximate surface area is 169 Å². The summed E-state index contributed by atoms with van der Waals surface area (Å²) in [6, 6.07) is 7.93. The van der Waals surface area contributed by atoms with Crippen LogP contribution in [-0.2, 0) is 7.05 Å². The van der Waals surface area contributed by atoms with Crippen LogP contribution >= 0.6 is 0 Å². The molecule has 1 fully saturated rings. The van der Waals surface area contributed by atoms with E-state index in [-0.39, 0.29) is 11.9 Å². The van der Waals surface area contributed by atoms with Gasteiger partial charge in [0.2, 0.25) is 0 Å². The Morgan fingerprint density at radius 1 is 1.14 bits per heavy atom. The van der Waals surface area contributed by atoms with Crippen molar-refractivity contribution in [3.8, 4) is 11.5 Å². The van der Waals surface area contributed by atoms with Crippen molar-refractivity contribution < 1.29 is 14.3 Å². The summed E-state index contributed by atoms with van der Waals surface area (Å²) in [6.07, 6.45) is 1.91. The van der Waals surface area contributed by atoms with E-state index >= 15 is 0 Å². The summed E-state index contributed by atoms with van der Waals surface area (Å²) in [5, 5.41) is 5.32. The van der Waals surface area contributed by atoms with Crippen molar-refractivity contribution in [3.05, 3.63) is 46.8 Å². The van der Waals surface area contributed by atoms with Crippen molar-refractivity contribution in [2.24, 2.45) is 7.05 Å². The lowest BCUT2D eigenvalue weighted by molar-refractivity contribution is 0.0737. The number of ether oxygens (including phenoxy) is 2. The van der Waals surface area contributed by atoms with Gasteiger partial charge in [-0.2, -0.15) is 5.10 Å². The fraction of sp³-hybridized carbons (Fsp3) is 0.409. The lowest BCUT2D eigenvalue weighted by Gasteiger charge is -2.27. The van der Waals surface area contributed by atoms with Crippen molar-refractivity contribution in [1.29, 1.82) is 0 Å². The molecule has 0 spiro atoms. The number of pyridine rings is 1. The number of aromatic nitrogens is 3. The van der Waals surface area contributed by atoms with Gasteiger partial charge in [0.15, 0.2) is 17.1 Å². The largest absolute Gasteiger partial charge is 0.486 e. The molecule has 0 saturated carbocycles. The van der Waals surface area contributed by atoms with Gasteiger partial charge in [0, 0.05) is 19.3 Å². The molecule has 1 aromatic carbocycles. The van der Waals surface area contributed by atoms with E-state index in [2.05, 4.69) is 10.1 Å². The molecule has 1 atom stereocenters. The van der Waals surface area contributed by atoms with Crippen LogP contribution in [-0.4, -0.2) is 45.3 Å². The standard InChI is InChI=1S/C22H24N4O3/c1-13-11-16(20-14(2)24-25(3)21(20)23-13)22(27)26-8-4-5-17(26)15-6-7-18-19(12-15)29-10-9-28-18/h6-7,11-12,17H,4-5,8-10H2,1-3H3. The van der Waals surface area contributed by atoms with Gasteiger partial charge in [0.1, 0.15) is 13.2 Å². The van der Waals surface area contributed by atoms with Gasteiger partial charge in [-0.3, -0.25) is 9.48 Å². The highest BCUT2D eigenvalue weighted by Gasteiger charge is 2.33. The zero-order valence-corrected chi connectivity index (χ0v) is 16.9. The van der Waals surface area contributed by atoms with Gasteiger partial charge < -0.3 is 14.4 Å². The lowest BCUT2D eigenvalue weighted by Crippen LogP contribution is -2.31. The smallest absolute Gasteiger partial charge is 0.255 e. The van der Waals surface area contributed by atoms with Crippen LogP contribution in [0.25, 0.3) is 11.0 Å². The van der Waals surface area contributed by atoms with E-state index in [0.717, 1.165) is 58.9 Å². The minimum absolute atomic E-state index is 0.0267. The molecule has 0 bridgehead atoms. The quantitative estimate of drug-likeness (QED) is 0.669. The summed E-state index contributed by atoms with van der Waals surface area (Å²) in [5.41, 5.74) is 4.17. The lowest BCUT2D eigenvalue weighted by atomic mass is 10.0. The molecule has 0 aliphatic carbocycles. The molecule has 5 rings (SSSR count). The van der Waals surface area contributed by atoms with E-state index < -0.39 is 0 Å². The number of likely N-dealkylation sites (tertiary alicyclic amines) is 1. The van der Waals surface area contributed by atoms with Crippen LogP contribution in [0, 0.1) is 13.8 Å². The number of hydrogen-bond acceptors (Lipinski definition) is 5. The normalized spacial score (nSPS) is 18.4. The van der Waals surface area contributed by atoms with Crippen LogP contribution in [0.1, 0.15) is 46.2 Å². The zero-order valence-electron chi connectivity index (χ0n) is 16.9. The van der Waals surface area contributed by atoms with Gasteiger partial charge in [-0.1, -0.05) is 6.07 Å². The number of rotatable bonds is 2. The number of hydrogen-bond donors (Lipinski definition) is 0. The Morgan fingerprint density at radius 3 is 2.76 bits per heavy atom. The monoisotopic (exact) mass is 392 g/mol. The molecule has 1 saturated heterocycles. The van der Waals surface area contributed by atoms with Gasteiger partial charge in [-0.25, -0.2) is 4.98 Å². The summed E-state index contributed by atoms with van der Waals surface area (Å²) in [5.74, 6) is 1.57. The molecule has 29 heavy (non-hydrogen) atoms. The fourth-order valence-electron chi connectivity index (χ4n) is 4.52. The van der Waals surface area contributed by atoms with Gasteiger partial charge in [-0.05, 0) is 50.5 Å². The van der Waals surface area contributed by atoms with Crippen LogP contribution in [0.2, 0.25) is 0 Å². The molecule has 150 valence electrons.